The predicted molar refractivity (Wildman–Crippen MR) is 140 cm³/mol. The van der Waals surface area contributed by atoms with Gasteiger partial charge in [0.25, 0.3) is 0 Å². The van der Waals surface area contributed by atoms with Crippen LogP contribution in [0.5, 0.6) is 5.75 Å². The van der Waals surface area contributed by atoms with E-state index in [9.17, 15) is 24.1 Å². The Labute approximate surface area is 227 Å². The van der Waals surface area contributed by atoms with Crippen LogP contribution >= 0.6 is 23.5 Å². The van der Waals surface area contributed by atoms with Gasteiger partial charge in [0.2, 0.25) is 4.58 Å². The molecule has 11 nitrogen and oxygen atoms in total. The lowest BCUT2D eigenvalue weighted by Gasteiger charge is -2.25. The Bertz CT molecular complexity index is 1290. The van der Waals surface area contributed by atoms with Crippen molar-refractivity contribution in [3.63, 3.8) is 0 Å². The molecule has 1 aromatic heterocycles. The van der Waals surface area contributed by atoms with Crippen molar-refractivity contribution in [3.05, 3.63) is 52.6 Å². The first kappa shape index (κ1) is 30.1. The van der Waals surface area contributed by atoms with Crippen LogP contribution in [0.3, 0.4) is 0 Å². The molecule has 3 rings (SSSR count). The second-order valence-electron chi connectivity index (χ2n) is 9.19. The zero-order valence-electron chi connectivity index (χ0n) is 21.1. The molecule has 3 N–H and O–H groups in total. The van der Waals surface area contributed by atoms with Crippen LogP contribution in [-0.2, 0) is 29.8 Å². The first-order valence-electron chi connectivity index (χ1n) is 11.8. The van der Waals surface area contributed by atoms with Crippen LogP contribution in [0, 0.1) is 5.92 Å². The second-order valence-corrected chi connectivity index (χ2v) is 12.4. The van der Waals surface area contributed by atoms with Gasteiger partial charge in [-0.15, -0.1) is 0 Å². The number of carbonyl (C=O) groups excluding carboxylic acids is 2. The van der Waals surface area contributed by atoms with Gasteiger partial charge in [-0.1, -0.05) is 25.1 Å². The van der Waals surface area contributed by atoms with E-state index in [-0.39, 0.29) is 35.7 Å². The van der Waals surface area contributed by atoms with Crippen molar-refractivity contribution in [1.29, 1.82) is 0 Å². The minimum absolute atomic E-state index is 0.0359. The number of para-hydroxylation sites is 1. The van der Waals surface area contributed by atoms with Gasteiger partial charge in [0.05, 0.1) is 12.8 Å². The van der Waals surface area contributed by atoms with Gasteiger partial charge in [-0.3, -0.25) is 13.9 Å². The zero-order valence-corrected chi connectivity index (χ0v) is 23.6. The molecule has 0 spiro atoms. The molecule has 2 unspecified atom stereocenters. The Kier molecular flexibility index (Phi) is 9.64. The summed E-state index contributed by atoms with van der Waals surface area (Å²) in [4.78, 5) is 39.2. The van der Waals surface area contributed by atoms with Crippen molar-refractivity contribution >= 4 is 40.9 Å². The van der Waals surface area contributed by atoms with Gasteiger partial charge in [-0.2, -0.15) is 4.98 Å². The second kappa shape index (κ2) is 12.2. The molecule has 208 valence electrons. The van der Waals surface area contributed by atoms with Gasteiger partial charge < -0.3 is 24.9 Å². The van der Waals surface area contributed by atoms with E-state index in [0.717, 1.165) is 4.57 Å². The molecule has 1 aromatic carbocycles. The quantitative estimate of drug-likeness (QED) is 0.267. The van der Waals surface area contributed by atoms with E-state index in [1.165, 1.54) is 26.1 Å². The number of Topliss-reactive ketones (excluding diaryl/α,β-unsaturated/α-hetero) is 2. The average molecular weight is 618 g/mol. The van der Waals surface area contributed by atoms with E-state index < -0.39 is 48.8 Å². The number of ketones is 2. The third-order valence-electron chi connectivity index (χ3n) is 6.07. The Morgan fingerprint density at radius 1 is 1.34 bits per heavy atom. The highest BCUT2D eigenvalue weighted by Gasteiger charge is 2.57. The lowest BCUT2D eigenvalue weighted by atomic mass is 10.1. The molecule has 0 radical (unpaired) electrons. The maximum Gasteiger partial charge on any atom is 0.380 e. The van der Waals surface area contributed by atoms with Crippen LogP contribution < -0.4 is 15.9 Å². The summed E-state index contributed by atoms with van der Waals surface area (Å²) in [7, 11) is -4.09. The fraction of sp³-hybridized carbons (Fsp3) is 0.500. The van der Waals surface area contributed by atoms with Gasteiger partial charge in [-0.05, 0) is 53.9 Å². The number of aliphatic hydroxyl groups excluding tert-OH is 1. The Morgan fingerprint density at radius 3 is 2.66 bits per heavy atom. The third-order valence-corrected chi connectivity index (χ3v) is 8.94. The lowest BCUT2D eigenvalue weighted by Crippen LogP contribution is -2.40. The SMILES string of the molecule is CC(=O)CCc1ccccc1OP(=O)(C[C@@H](C)C(C)=O)OC[C@H]1O[C@@H](n2ccc(N)nc2=O)C(F)(Br)[C@H]1O. The Balaban J connectivity index is 1.84. The van der Waals surface area contributed by atoms with Crippen molar-refractivity contribution in [1.82, 2.24) is 9.55 Å². The molecular formula is C24H30BrFN3O8P. The number of ether oxygens (including phenoxy) is 1. The summed E-state index contributed by atoms with van der Waals surface area (Å²) in [5.74, 6) is -0.865. The molecule has 2 aromatic rings. The fourth-order valence-electron chi connectivity index (χ4n) is 3.74. The average Bonchev–Trinajstić information content (AvgIpc) is 3.05. The number of nitrogens with zero attached hydrogens (tertiary/aromatic N) is 2. The molecule has 1 saturated heterocycles. The van der Waals surface area contributed by atoms with Crippen molar-refractivity contribution in [2.75, 3.05) is 18.5 Å². The van der Waals surface area contributed by atoms with E-state index in [2.05, 4.69) is 20.9 Å². The topological polar surface area (TPSA) is 160 Å². The van der Waals surface area contributed by atoms with Crippen LogP contribution in [0.25, 0.3) is 0 Å². The van der Waals surface area contributed by atoms with E-state index >= 15 is 4.39 Å². The number of hydrogen-bond acceptors (Lipinski definition) is 10. The number of aliphatic hydroxyl groups is 1. The first-order valence-corrected chi connectivity index (χ1v) is 14.3. The van der Waals surface area contributed by atoms with Crippen molar-refractivity contribution < 1.29 is 37.4 Å². The van der Waals surface area contributed by atoms with Crippen molar-refractivity contribution in [3.8, 4) is 5.75 Å². The predicted octanol–water partition coefficient (Wildman–Crippen LogP) is 3.18. The van der Waals surface area contributed by atoms with Crippen molar-refractivity contribution in [2.45, 2.75) is 56.6 Å². The highest BCUT2D eigenvalue weighted by Crippen LogP contribution is 2.52. The highest BCUT2D eigenvalue weighted by molar-refractivity contribution is 9.10. The number of anilines is 1. The van der Waals surface area contributed by atoms with Crippen LogP contribution in [0.15, 0.2) is 41.3 Å². The molecule has 1 fully saturated rings. The normalized spacial score (nSPS) is 25.5. The standard InChI is InChI=1S/C24H30BrFN3O8P/c1-14(16(3)31)13-38(34,37-18-7-5-4-6-17(18)9-8-15(2)30)35-12-19-21(32)24(25,26)22(36-19)29-11-10-20(27)28-23(29)33/h4-7,10-11,14,19,21-22,32H,8-9,12-13H2,1-3H3,(H2,27,28,33)/t14-,19-,21+,22-,24?,38?/m1/s1. The number of carbonyl (C=O) groups is 2. The van der Waals surface area contributed by atoms with Gasteiger partial charge in [0.15, 0.2) is 6.23 Å². The number of aryl methyl sites for hydroxylation is 1. The molecule has 38 heavy (non-hydrogen) atoms. The Morgan fingerprint density at radius 2 is 2.03 bits per heavy atom. The number of nitrogen functional groups attached to an aromatic ring is 1. The van der Waals surface area contributed by atoms with E-state index in [1.807, 2.05) is 0 Å². The van der Waals surface area contributed by atoms with Gasteiger partial charge in [-0.25, -0.2) is 13.8 Å². The summed E-state index contributed by atoms with van der Waals surface area (Å²) >= 11 is 2.79. The summed E-state index contributed by atoms with van der Waals surface area (Å²) in [5, 5.41) is 10.6. The first-order chi connectivity index (χ1) is 17.7. The molecule has 14 heteroatoms. The molecule has 0 aliphatic carbocycles. The van der Waals surface area contributed by atoms with Crippen LogP contribution in [0.2, 0.25) is 0 Å². The number of benzene rings is 1. The number of nitrogens with two attached hydrogens (primary N) is 1. The molecule has 0 saturated carbocycles. The van der Waals surface area contributed by atoms with Crippen molar-refractivity contribution in [2.24, 2.45) is 5.92 Å². The zero-order chi connectivity index (χ0) is 28.3. The molecule has 1 aliphatic heterocycles. The molecule has 1 aliphatic rings. The van der Waals surface area contributed by atoms with E-state index in [4.69, 9.17) is 19.5 Å². The Hall–Kier alpha value is -2.44. The molecule has 6 atom stereocenters. The molecule has 0 bridgehead atoms. The summed E-state index contributed by atoms with van der Waals surface area (Å²) in [6, 6.07) is 7.93. The third kappa shape index (κ3) is 7.15. The van der Waals surface area contributed by atoms with Gasteiger partial charge in [0.1, 0.15) is 35.3 Å². The van der Waals surface area contributed by atoms with Crippen LogP contribution in [0.4, 0.5) is 10.2 Å². The maximum atomic E-state index is 15.5. The number of hydrogen-bond donors (Lipinski definition) is 2. The van der Waals surface area contributed by atoms with Crippen LogP contribution in [0.1, 0.15) is 39.0 Å². The van der Waals surface area contributed by atoms with E-state index in [1.54, 1.807) is 31.2 Å². The number of aromatic nitrogens is 2. The minimum atomic E-state index is -4.09. The summed E-state index contributed by atoms with van der Waals surface area (Å²) in [5.41, 5.74) is 5.19. The van der Waals surface area contributed by atoms with Gasteiger partial charge >= 0.3 is 13.3 Å². The fourth-order valence-corrected chi connectivity index (χ4v) is 6.37. The van der Waals surface area contributed by atoms with Gasteiger partial charge in [0, 0.05) is 18.5 Å². The highest BCUT2D eigenvalue weighted by atomic mass is 79.9. The molecule has 0 amide bonds. The summed E-state index contributed by atoms with van der Waals surface area (Å²) < 4.78 is 44.6. The van der Waals surface area contributed by atoms with Crippen LogP contribution in [-0.4, -0.2) is 55.8 Å². The summed E-state index contributed by atoms with van der Waals surface area (Å²) in [6.07, 6.45) is -3.44. The summed E-state index contributed by atoms with van der Waals surface area (Å²) in [6.45, 7) is 3.76. The molecule has 2 heterocycles. The minimum Gasteiger partial charge on any atom is -0.424 e. The number of halogens is 2. The lowest BCUT2D eigenvalue weighted by molar-refractivity contribution is -0.120. The van der Waals surface area contributed by atoms with E-state index in [0.29, 0.717) is 12.0 Å². The number of alkyl halides is 2. The number of rotatable bonds is 12. The largest absolute Gasteiger partial charge is 0.424 e. The monoisotopic (exact) mass is 617 g/mol. The smallest absolute Gasteiger partial charge is 0.380 e. The molecular weight excluding hydrogens is 588 g/mol. The maximum absolute atomic E-state index is 15.5.